The Balaban J connectivity index is 1.81. The largest absolute Gasteiger partial charge is 0.478 e. The molecule has 1 N–H and O–H groups in total. The Morgan fingerprint density at radius 3 is 1.90 bits per heavy atom. The van der Waals surface area contributed by atoms with E-state index in [1.807, 2.05) is 24.3 Å². The van der Waals surface area contributed by atoms with Crippen LogP contribution in [-0.2, 0) is 9.47 Å². The van der Waals surface area contributed by atoms with Gasteiger partial charge in [-0.3, -0.25) is 0 Å². The molecule has 20 heavy (non-hydrogen) atoms. The van der Waals surface area contributed by atoms with E-state index in [0.29, 0.717) is 13.2 Å². The zero-order chi connectivity index (χ0) is 13.9. The van der Waals surface area contributed by atoms with Gasteiger partial charge in [0.1, 0.15) is 0 Å². The molecule has 4 heteroatoms. The first-order valence-electron chi connectivity index (χ1n) is 6.41. The molecule has 0 aliphatic carbocycles. The van der Waals surface area contributed by atoms with Gasteiger partial charge in [0.25, 0.3) is 0 Å². The first-order chi connectivity index (χ1) is 9.74. The van der Waals surface area contributed by atoms with E-state index in [9.17, 15) is 4.79 Å². The molecule has 2 aromatic carbocycles. The lowest BCUT2D eigenvalue weighted by atomic mass is 10.0. The van der Waals surface area contributed by atoms with E-state index in [1.165, 1.54) is 0 Å². The summed E-state index contributed by atoms with van der Waals surface area (Å²) in [6.45, 7) is 1.26. The lowest BCUT2D eigenvalue weighted by Crippen LogP contribution is -1.97. The Morgan fingerprint density at radius 1 is 0.900 bits per heavy atom. The minimum absolute atomic E-state index is 0.265. The van der Waals surface area contributed by atoms with Gasteiger partial charge in [-0.25, -0.2) is 4.79 Å². The number of aromatic carboxylic acids is 1. The summed E-state index contributed by atoms with van der Waals surface area (Å²) < 4.78 is 10.9. The fourth-order valence-electron chi connectivity index (χ4n) is 2.19. The van der Waals surface area contributed by atoms with Crippen LogP contribution in [0.25, 0.3) is 11.1 Å². The van der Waals surface area contributed by atoms with Gasteiger partial charge in [0, 0.05) is 5.56 Å². The van der Waals surface area contributed by atoms with Crippen LogP contribution in [0.5, 0.6) is 0 Å². The SMILES string of the molecule is O=C(O)c1ccc(-c2ccc(C3OCCO3)cc2)cc1. The number of hydrogen-bond donors (Lipinski definition) is 1. The van der Waals surface area contributed by atoms with Crippen LogP contribution in [0.4, 0.5) is 0 Å². The topological polar surface area (TPSA) is 55.8 Å². The van der Waals surface area contributed by atoms with E-state index in [0.717, 1.165) is 16.7 Å². The highest BCUT2D eigenvalue weighted by Crippen LogP contribution is 2.26. The molecule has 0 saturated carbocycles. The molecule has 0 radical (unpaired) electrons. The maximum Gasteiger partial charge on any atom is 0.335 e. The molecule has 0 bridgehead atoms. The van der Waals surface area contributed by atoms with Crippen molar-refractivity contribution in [3.8, 4) is 11.1 Å². The molecule has 0 aromatic heterocycles. The highest BCUT2D eigenvalue weighted by atomic mass is 16.7. The lowest BCUT2D eigenvalue weighted by Gasteiger charge is -2.10. The molecular weight excluding hydrogens is 256 g/mol. The summed E-state index contributed by atoms with van der Waals surface area (Å²) in [5.74, 6) is -0.914. The van der Waals surface area contributed by atoms with Gasteiger partial charge in [-0.1, -0.05) is 36.4 Å². The third-order valence-electron chi connectivity index (χ3n) is 3.27. The van der Waals surface area contributed by atoms with Crippen molar-refractivity contribution in [2.45, 2.75) is 6.29 Å². The molecule has 1 heterocycles. The molecule has 1 aliphatic rings. The molecule has 1 aliphatic heterocycles. The average Bonchev–Trinajstić information content (AvgIpc) is 3.02. The van der Waals surface area contributed by atoms with Crippen LogP contribution in [0, 0.1) is 0 Å². The van der Waals surface area contributed by atoms with E-state index in [1.54, 1.807) is 24.3 Å². The fraction of sp³-hybridized carbons (Fsp3) is 0.188. The summed E-state index contributed by atoms with van der Waals surface area (Å²) in [6.07, 6.45) is -0.265. The molecule has 3 rings (SSSR count). The Kier molecular flexibility index (Phi) is 3.50. The average molecular weight is 270 g/mol. The van der Waals surface area contributed by atoms with E-state index < -0.39 is 5.97 Å². The van der Waals surface area contributed by atoms with E-state index in [-0.39, 0.29) is 11.9 Å². The maximum absolute atomic E-state index is 10.8. The number of carboxylic acid groups (broad SMARTS) is 1. The van der Waals surface area contributed by atoms with Crippen molar-refractivity contribution in [3.63, 3.8) is 0 Å². The summed E-state index contributed by atoms with van der Waals surface area (Å²) >= 11 is 0. The second-order valence-corrected chi connectivity index (χ2v) is 4.58. The quantitative estimate of drug-likeness (QED) is 0.931. The highest BCUT2D eigenvalue weighted by molar-refractivity contribution is 5.88. The van der Waals surface area contributed by atoms with Crippen molar-refractivity contribution >= 4 is 5.97 Å². The van der Waals surface area contributed by atoms with Gasteiger partial charge in [-0.05, 0) is 23.3 Å². The van der Waals surface area contributed by atoms with E-state index in [2.05, 4.69) is 0 Å². The fourth-order valence-corrected chi connectivity index (χ4v) is 2.19. The summed E-state index contributed by atoms with van der Waals surface area (Å²) in [4.78, 5) is 10.8. The monoisotopic (exact) mass is 270 g/mol. The molecule has 0 atom stereocenters. The van der Waals surface area contributed by atoms with Crippen LogP contribution in [0.15, 0.2) is 48.5 Å². The predicted octanol–water partition coefficient (Wildman–Crippen LogP) is 3.10. The second-order valence-electron chi connectivity index (χ2n) is 4.58. The third-order valence-corrected chi connectivity index (χ3v) is 3.27. The van der Waals surface area contributed by atoms with Crippen molar-refractivity contribution in [3.05, 3.63) is 59.7 Å². The van der Waals surface area contributed by atoms with E-state index >= 15 is 0 Å². The third kappa shape index (κ3) is 2.57. The van der Waals surface area contributed by atoms with Crippen molar-refractivity contribution in [1.82, 2.24) is 0 Å². The van der Waals surface area contributed by atoms with Crippen LogP contribution in [0.2, 0.25) is 0 Å². The molecule has 1 fully saturated rings. The van der Waals surface area contributed by atoms with Gasteiger partial charge in [0.2, 0.25) is 0 Å². The van der Waals surface area contributed by atoms with Gasteiger partial charge in [0.15, 0.2) is 6.29 Å². The van der Waals surface area contributed by atoms with Crippen LogP contribution in [-0.4, -0.2) is 24.3 Å². The Hall–Kier alpha value is -2.17. The zero-order valence-corrected chi connectivity index (χ0v) is 10.8. The zero-order valence-electron chi connectivity index (χ0n) is 10.8. The number of carboxylic acids is 1. The first-order valence-corrected chi connectivity index (χ1v) is 6.41. The number of ether oxygens (including phenoxy) is 2. The van der Waals surface area contributed by atoms with Gasteiger partial charge in [-0.2, -0.15) is 0 Å². The van der Waals surface area contributed by atoms with Crippen LogP contribution >= 0.6 is 0 Å². The lowest BCUT2D eigenvalue weighted by molar-refractivity contribution is -0.0441. The van der Waals surface area contributed by atoms with Crippen molar-refractivity contribution in [2.75, 3.05) is 13.2 Å². The summed E-state index contributed by atoms with van der Waals surface area (Å²) in [5.41, 5.74) is 3.30. The smallest absolute Gasteiger partial charge is 0.335 e. The highest BCUT2D eigenvalue weighted by Gasteiger charge is 2.17. The molecule has 1 saturated heterocycles. The summed E-state index contributed by atoms with van der Waals surface area (Å²) in [7, 11) is 0. The summed E-state index contributed by atoms with van der Waals surface area (Å²) in [5, 5.41) is 8.88. The van der Waals surface area contributed by atoms with Crippen LogP contribution < -0.4 is 0 Å². The van der Waals surface area contributed by atoms with Gasteiger partial charge < -0.3 is 14.6 Å². The minimum Gasteiger partial charge on any atom is -0.478 e. The Morgan fingerprint density at radius 2 is 1.40 bits per heavy atom. The number of benzene rings is 2. The number of rotatable bonds is 3. The molecule has 0 amide bonds. The standard InChI is InChI=1S/C16H14O4/c17-15(18)13-5-1-11(2-6-13)12-3-7-14(8-4-12)16-19-9-10-20-16/h1-8,16H,9-10H2,(H,17,18). The van der Waals surface area contributed by atoms with Crippen molar-refractivity contribution < 1.29 is 19.4 Å². The molecule has 0 unspecified atom stereocenters. The van der Waals surface area contributed by atoms with Gasteiger partial charge in [0.05, 0.1) is 18.8 Å². The Labute approximate surface area is 116 Å². The van der Waals surface area contributed by atoms with E-state index in [4.69, 9.17) is 14.6 Å². The first kappa shape index (κ1) is 12.8. The molecule has 4 nitrogen and oxygen atoms in total. The summed E-state index contributed by atoms with van der Waals surface area (Å²) in [6, 6.07) is 14.7. The minimum atomic E-state index is -0.914. The molecule has 0 spiro atoms. The van der Waals surface area contributed by atoms with Crippen LogP contribution in [0.3, 0.4) is 0 Å². The second kappa shape index (κ2) is 5.45. The van der Waals surface area contributed by atoms with Gasteiger partial charge in [-0.15, -0.1) is 0 Å². The Bertz CT molecular complexity index is 595. The maximum atomic E-state index is 10.8. The number of carbonyl (C=O) groups is 1. The molecule has 102 valence electrons. The van der Waals surface area contributed by atoms with Crippen LogP contribution in [0.1, 0.15) is 22.2 Å². The van der Waals surface area contributed by atoms with Crippen molar-refractivity contribution in [1.29, 1.82) is 0 Å². The normalized spacial score (nSPS) is 15.4. The van der Waals surface area contributed by atoms with Gasteiger partial charge >= 0.3 is 5.97 Å². The molecule has 2 aromatic rings. The number of hydrogen-bond acceptors (Lipinski definition) is 3. The molecular formula is C16H14O4. The van der Waals surface area contributed by atoms with Crippen molar-refractivity contribution in [2.24, 2.45) is 0 Å². The predicted molar refractivity (Wildman–Crippen MR) is 73.5 cm³/mol.